The molecule has 0 saturated heterocycles. The number of rotatable bonds is 5. The van der Waals surface area contributed by atoms with Crippen LogP contribution in [0.4, 0.5) is 0 Å². The zero-order valence-electron chi connectivity index (χ0n) is 12.3. The molecule has 0 fully saturated rings. The van der Waals surface area contributed by atoms with Crippen LogP contribution in [0.15, 0.2) is 22.7 Å². The molecule has 6 heteroatoms. The van der Waals surface area contributed by atoms with Crippen molar-refractivity contribution in [3.63, 3.8) is 0 Å². The van der Waals surface area contributed by atoms with Crippen LogP contribution in [0.1, 0.15) is 39.3 Å². The summed E-state index contributed by atoms with van der Waals surface area (Å²) < 4.78 is 29.8. The lowest BCUT2D eigenvalue weighted by Gasteiger charge is -2.20. The maximum Gasteiger partial charge on any atom is 0.158 e. The maximum absolute atomic E-state index is 12.0. The third-order valence-corrected chi connectivity index (χ3v) is 6.07. The van der Waals surface area contributed by atoms with Gasteiger partial charge in [-0.3, -0.25) is 0 Å². The fourth-order valence-electron chi connectivity index (χ4n) is 1.58. The average Bonchev–Trinajstić information content (AvgIpc) is 2.26. The van der Waals surface area contributed by atoms with Crippen LogP contribution in [-0.2, 0) is 9.84 Å². The topological polar surface area (TPSA) is 69.4 Å². The molecule has 1 aromatic rings. The van der Waals surface area contributed by atoms with E-state index in [1.165, 1.54) is 0 Å². The Labute approximate surface area is 129 Å². The monoisotopic (exact) mass is 363 g/mol. The largest absolute Gasteiger partial charge is 0.492 e. The average molecular weight is 364 g/mol. The van der Waals surface area contributed by atoms with Crippen molar-refractivity contribution in [2.45, 2.75) is 38.5 Å². The van der Waals surface area contributed by atoms with E-state index in [1.54, 1.807) is 20.8 Å². The summed E-state index contributed by atoms with van der Waals surface area (Å²) in [5.74, 6) is 0.611. The Morgan fingerprint density at radius 1 is 1.35 bits per heavy atom. The molecule has 0 aliphatic rings. The van der Waals surface area contributed by atoms with E-state index in [0.29, 0.717) is 5.75 Å². The smallest absolute Gasteiger partial charge is 0.158 e. The molecule has 0 amide bonds. The molecule has 114 valence electrons. The van der Waals surface area contributed by atoms with Crippen molar-refractivity contribution in [1.29, 1.82) is 0 Å². The second kappa shape index (κ2) is 6.45. The Balaban J connectivity index is 2.79. The number of ether oxygens (including phenoxy) is 1. The van der Waals surface area contributed by atoms with Crippen LogP contribution in [0, 0.1) is 0 Å². The lowest BCUT2D eigenvalue weighted by Crippen LogP contribution is -2.32. The maximum atomic E-state index is 12.0. The molecule has 1 atom stereocenters. The summed E-state index contributed by atoms with van der Waals surface area (Å²) in [4.78, 5) is 0. The van der Waals surface area contributed by atoms with Crippen molar-refractivity contribution in [2.24, 2.45) is 5.73 Å². The Hall–Kier alpha value is -0.590. The van der Waals surface area contributed by atoms with E-state index in [2.05, 4.69) is 15.9 Å². The van der Waals surface area contributed by atoms with Gasteiger partial charge < -0.3 is 10.5 Å². The quantitative estimate of drug-likeness (QED) is 0.872. The first-order chi connectivity index (χ1) is 9.04. The van der Waals surface area contributed by atoms with Gasteiger partial charge in [-0.2, -0.15) is 0 Å². The molecule has 0 aromatic heterocycles. The highest BCUT2D eigenvalue weighted by molar-refractivity contribution is 9.10. The molecule has 1 aromatic carbocycles. The molecule has 0 saturated carbocycles. The zero-order valence-corrected chi connectivity index (χ0v) is 14.7. The van der Waals surface area contributed by atoms with Gasteiger partial charge in [0, 0.05) is 16.1 Å². The number of nitrogens with two attached hydrogens (primary N) is 1. The van der Waals surface area contributed by atoms with Gasteiger partial charge in [-0.25, -0.2) is 8.42 Å². The van der Waals surface area contributed by atoms with E-state index < -0.39 is 14.6 Å². The predicted molar refractivity (Wildman–Crippen MR) is 85.8 cm³/mol. The van der Waals surface area contributed by atoms with Gasteiger partial charge in [-0.1, -0.05) is 22.0 Å². The first-order valence-corrected chi connectivity index (χ1v) is 8.89. The Morgan fingerprint density at radius 2 is 1.95 bits per heavy atom. The Bertz CT molecular complexity index is 562. The predicted octanol–water partition coefficient (Wildman–Crippen LogP) is 3.06. The molecule has 2 N–H and O–H groups in total. The van der Waals surface area contributed by atoms with Gasteiger partial charge in [0.05, 0.1) is 10.5 Å². The first-order valence-electron chi connectivity index (χ1n) is 6.45. The minimum Gasteiger partial charge on any atom is -0.492 e. The van der Waals surface area contributed by atoms with Gasteiger partial charge >= 0.3 is 0 Å². The Morgan fingerprint density at radius 3 is 2.45 bits per heavy atom. The molecule has 0 aliphatic heterocycles. The van der Waals surface area contributed by atoms with Crippen LogP contribution >= 0.6 is 15.9 Å². The lowest BCUT2D eigenvalue weighted by molar-refractivity contribution is 0.334. The number of benzene rings is 1. The molecule has 1 unspecified atom stereocenters. The molecular formula is C14H22BrNO3S. The summed E-state index contributed by atoms with van der Waals surface area (Å²) in [5, 5.41) is 0. The fraction of sp³-hybridized carbons (Fsp3) is 0.571. The van der Waals surface area contributed by atoms with Crippen LogP contribution in [0.5, 0.6) is 5.75 Å². The third kappa shape index (κ3) is 4.46. The van der Waals surface area contributed by atoms with Gasteiger partial charge in [-0.05, 0) is 39.8 Å². The van der Waals surface area contributed by atoms with Gasteiger partial charge in [-0.15, -0.1) is 0 Å². The molecule has 1 rings (SSSR count). The lowest BCUT2D eigenvalue weighted by atomic mass is 10.1. The van der Waals surface area contributed by atoms with Crippen molar-refractivity contribution in [3.8, 4) is 5.75 Å². The Kier molecular flexibility index (Phi) is 5.63. The van der Waals surface area contributed by atoms with Crippen molar-refractivity contribution < 1.29 is 13.2 Å². The molecule has 0 radical (unpaired) electrons. The summed E-state index contributed by atoms with van der Waals surface area (Å²) >= 11 is 3.37. The second-order valence-corrected chi connectivity index (χ2v) is 9.53. The molecule has 4 nitrogen and oxygen atoms in total. The van der Waals surface area contributed by atoms with E-state index in [9.17, 15) is 8.42 Å². The fourth-order valence-corrected chi connectivity index (χ4v) is 2.83. The minimum absolute atomic E-state index is 0.0125. The van der Waals surface area contributed by atoms with Crippen LogP contribution in [0.25, 0.3) is 0 Å². The minimum atomic E-state index is -3.18. The van der Waals surface area contributed by atoms with Crippen LogP contribution in [0.2, 0.25) is 0 Å². The van der Waals surface area contributed by atoms with Crippen molar-refractivity contribution in [3.05, 3.63) is 28.2 Å². The van der Waals surface area contributed by atoms with Crippen molar-refractivity contribution in [1.82, 2.24) is 0 Å². The number of sulfone groups is 1. The highest BCUT2D eigenvalue weighted by Gasteiger charge is 2.28. The number of hydrogen-bond donors (Lipinski definition) is 1. The standard InChI is InChI=1S/C14H22BrNO3S/c1-10(16)12-6-5-11(15)9-13(12)19-7-8-20(17,18)14(2,3)4/h5-6,9-10H,7-8,16H2,1-4H3. The van der Waals surface area contributed by atoms with E-state index >= 15 is 0 Å². The number of halogens is 1. The van der Waals surface area contributed by atoms with Crippen LogP contribution in [-0.4, -0.2) is 25.5 Å². The zero-order chi connectivity index (χ0) is 15.6. The van der Waals surface area contributed by atoms with Gasteiger partial charge in [0.15, 0.2) is 9.84 Å². The first kappa shape index (κ1) is 17.5. The normalized spacial score (nSPS) is 14.1. The molecule has 0 aliphatic carbocycles. The highest BCUT2D eigenvalue weighted by Crippen LogP contribution is 2.28. The molecule has 0 heterocycles. The van der Waals surface area contributed by atoms with Crippen LogP contribution < -0.4 is 10.5 Å². The van der Waals surface area contributed by atoms with E-state index in [-0.39, 0.29) is 18.4 Å². The highest BCUT2D eigenvalue weighted by atomic mass is 79.9. The van der Waals surface area contributed by atoms with Crippen molar-refractivity contribution in [2.75, 3.05) is 12.4 Å². The van der Waals surface area contributed by atoms with Gasteiger partial charge in [0.2, 0.25) is 0 Å². The molecule has 20 heavy (non-hydrogen) atoms. The van der Waals surface area contributed by atoms with Gasteiger partial charge in [0.1, 0.15) is 12.4 Å². The van der Waals surface area contributed by atoms with Crippen LogP contribution in [0.3, 0.4) is 0 Å². The summed E-state index contributed by atoms with van der Waals surface area (Å²) in [6, 6.07) is 5.40. The molecule has 0 spiro atoms. The van der Waals surface area contributed by atoms with Gasteiger partial charge in [0.25, 0.3) is 0 Å². The third-order valence-electron chi connectivity index (χ3n) is 3.01. The summed E-state index contributed by atoms with van der Waals surface area (Å²) in [6.07, 6.45) is 0. The van der Waals surface area contributed by atoms with Crippen molar-refractivity contribution >= 4 is 25.8 Å². The summed E-state index contributed by atoms with van der Waals surface area (Å²) in [7, 11) is -3.18. The summed E-state index contributed by atoms with van der Waals surface area (Å²) in [6.45, 7) is 7.05. The second-order valence-electron chi connectivity index (χ2n) is 5.75. The SMILES string of the molecule is CC(N)c1ccc(Br)cc1OCCS(=O)(=O)C(C)(C)C. The number of hydrogen-bond acceptors (Lipinski definition) is 4. The van der Waals surface area contributed by atoms with E-state index in [0.717, 1.165) is 10.0 Å². The summed E-state index contributed by atoms with van der Waals surface area (Å²) in [5.41, 5.74) is 6.74. The molecule has 0 bridgehead atoms. The van der Waals surface area contributed by atoms with E-state index in [4.69, 9.17) is 10.5 Å². The van der Waals surface area contributed by atoms with E-state index in [1.807, 2.05) is 25.1 Å². The molecular weight excluding hydrogens is 342 g/mol.